The van der Waals surface area contributed by atoms with Crippen LogP contribution in [0, 0.1) is 0 Å². The largest absolute Gasteiger partial charge is 0.442 e. The fourth-order valence-electron chi connectivity index (χ4n) is 2.87. The van der Waals surface area contributed by atoms with Gasteiger partial charge in [-0.3, -0.25) is 0 Å². The molecule has 0 fully saturated rings. The molecule has 0 N–H and O–H groups in total. The number of carbonyl (C=O) groups excluding carboxylic acids is 1. The molecule has 0 radical (unpaired) electrons. The summed E-state index contributed by atoms with van der Waals surface area (Å²) in [6.45, 7) is 0. The molecule has 0 unspecified atom stereocenters. The molecule has 0 amide bonds. The quantitative estimate of drug-likeness (QED) is 0.305. The molecule has 0 atom stereocenters. The summed E-state index contributed by atoms with van der Waals surface area (Å²) >= 11 is 1.02. The highest BCUT2D eigenvalue weighted by molar-refractivity contribution is 7.99. The fourth-order valence-corrected chi connectivity index (χ4v) is 3.82. The number of hydrogen-bond acceptors (Lipinski definition) is 3. The van der Waals surface area contributed by atoms with Gasteiger partial charge in [-0.05, 0) is 24.3 Å². The fraction of sp³-hybridized carbons (Fsp3) is 0.136. The van der Waals surface area contributed by atoms with Gasteiger partial charge in [-0.15, -0.1) is 0 Å². The Morgan fingerprint density at radius 1 is 0.677 bits per heavy atom. The van der Waals surface area contributed by atoms with Crippen molar-refractivity contribution in [3.63, 3.8) is 0 Å². The van der Waals surface area contributed by atoms with Crippen molar-refractivity contribution in [3.05, 3.63) is 96.1 Å². The summed E-state index contributed by atoms with van der Waals surface area (Å²) in [6.07, 6.45) is -11.9. The average Bonchev–Trinajstić information content (AvgIpc) is 2.72. The van der Waals surface area contributed by atoms with Gasteiger partial charge in [0.1, 0.15) is 0 Å². The van der Waals surface area contributed by atoms with Gasteiger partial charge in [0, 0.05) is 15.4 Å². The van der Waals surface area contributed by atoms with Gasteiger partial charge in [0.2, 0.25) is 0 Å². The van der Waals surface area contributed by atoms with Crippen molar-refractivity contribution >= 4 is 17.7 Å². The minimum Gasteiger partial charge on any atom is -0.431 e. The number of hydrogen-bond donors (Lipinski definition) is 0. The molecule has 31 heavy (non-hydrogen) atoms. The third-order valence-corrected chi connectivity index (χ3v) is 5.39. The van der Waals surface area contributed by atoms with Gasteiger partial charge in [0.15, 0.2) is 0 Å². The summed E-state index contributed by atoms with van der Waals surface area (Å²) in [5, 5.41) is 0. The van der Waals surface area contributed by atoms with E-state index in [0.717, 1.165) is 30.0 Å². The van der Waals surface area contributed by atoms with Crippen LogP contribution in [0.25, 0.3) is 0 Å². The molecule has 162 valence electrons. The molecule has 0 aromatic heterocycles. The molecule has 0 aliphatic rings. The first-order valence-electron chi connectivity index (χ1n) is 8.80. The van der Waals surface area contributed by atoms with Gasteiger partial charge in [-0.1, -0.05) is 72.4 Å². The molecule has 3 aromatic carbocycles. The van der Waals surface area contributed by atoms with Crippen LogP contribution < -0.4 is 0 Å². The third kappa shape index (κ3) is 4.56. The Labute approximate surface area is 177 Å². The number of rotatable bonds is 5. The first-order valence-corrected chi connectivity index (χ1v) is 9.62. The van der Waals surface area contributed by atoms with Gasteiger partial charge in [0.05, 0.1) is 5.56 Å². The summed E-state index contributed by atoms with van der Waals surface area (Å²) in [7, 11) is 0. The van der Waals surface area contributed by atoms with Crippen LogP contribution in [0.2, 0.25) is 0 Å². The second-order valence-corrected chi connectivity index (χ2v) is 7.46. The Hall–Kier alpha value is -2.94. The Balaban J connectivity index is 2.07. The van der Waals surface area contributed by atoms with E-state index >= 15 is 0 Å². The zero-order valence-corrected chi connectivity index (χ0v) is 16.4. The third-order valence-electron chi connectivity index (χ3n) is 4.30. The Kier molecular flexibility index (Phi) is 6.35. The van der Waals surface area contributed by atoms with E-state index in [1.165, 1.54) is 24.3 Å². The number of ether oxygens (including phenoxy) is 1. The molecule has 9 heteroatoms. The number of benzene rings is 3. The highest BCUT2D eigenvalue weighted by Crippen LogP contribution is 2.53. The van der Waals surface area contributed by atoms with Crippen LogP contribution >= 0.6 is 11.8 Å². The van der Waals surface area contributed by atoms with Crippen molar-refractivity contribution < 1.29 is 35.9 Å². The monoisotopic (exact) mass is 456 g/mol. The van der Waals surface area contributed by atoms with E-state index in [9.17, 15) is 31.1 Å². The van der Waals surface area contributed by atoms with Crippen molar-refractivity contribution in [2.24, 2.45) is 0 Å². The maximum Gasteiger partial charge on any atom is 0.442 e. The predicted octanol–water partition coefficient (Wildman–Crippen LogP) is 7.01. The Morgan fingerprint density at radius 3 is 1.71 bits per heavy atom. The predicted molar refractivity (Wildman–Crippen MR) is 103 cm³/mol. The maximum atomic E-state index is 13.9. The van der Waals surface area contributed by atoms with E-state index in [-0.39, 0.29) is 4.90 Å². The lowest BCUT2D eigenvalue weighted by atomic mass is 9.91. The first-order chi connectivity index (χ1) is 14.6. The second kappa shape index (κ2) is 8.66. The Bertz CT molecular complexity index is 1020. The molecule has 0 bridgehead atoms. The second-order valence-electron chi connectivity index (χ2n) is 6.34. The molecule has 3 aromatic rings. The van der Waals surface area contributed by atoms with E-state index in [1.807, 2.05) is 0 Å². The Morgan fingerprint density at radius 2 is 1.16 bits per heavy atom. The van der Waals surface area contributed by atoms with E-state index in [0.29, 0.717) is 17.0 Å². The average molecular weight is 456 g/mol. The lowest BCUT2D eigenvalue weighted by Gasteiger charge is -2.36. The number of carbonyl (C=O) groups is 1. The van der Waals surface area contributed by atoms with Crippen LogP contribution in [0.5, 0.6) is 0 Å². The van der Waals surface area contributed by atoms with E-state index in [1.54, 1.807) is 30.3 Å². The zero-order chi connectivity index (χ0) is 22.7. The highest BCUT2D eigenvalue weighted by atomic mass is 32.2. The van der Waals surface area contributed by atoms with Gasteiger partial charge in [-0.2, -0.15) is 26.3 Å². The minimum atomic E-state index is -5.95. The van der Waals surface area contributed by atoms with Crippen LogP contribution in [0.15, 0.2) is 94.7 Å². The van der Waals surface area contributed by atoms with Crippen molar-refractivity contribution in [1.82, 2.24) is 0 Å². The van der Waals surface area contributed by atoms with Crippen molar-refractivity contribution in [1.29, 1.82) is 0 Å². The van der Waals surface area contributed by atoms with Gasteiger partial charge >= 0.3 is 23.9 Å². The lowest BCUT2D eigenvalue weighted by Crippen LogP contribution is -2.56. The molecule has 2 nitrogen and oxygen atoms in total. The van der Waals surface area contributed by atoms with E-state index < -0.39 is 35.0 Å². The zero-order valence-electron chi connectivity index (χ0n) is 15.6. The van der Waals surface area contributed by atoms with Gasteiger partial charge in [-0.25, -0.2) is 4.79 Å². The smallest absolute Gasteiger partial charge is 0.431 e. The van der Waals surface area contributed by atoms with Crippen LogP contribution in [0.1, 0.15) is 15.9 Å². The first kappa shape index (κ1) is 22.7. The molecule has 3 rings (SSSR count). The molecule has 0 saturated heterocycles. The molecule has 0 heterocycles. The van der Waals surface area contributed by atoms with Gasteiger partial charge < -0.3 is 4.74 Å². The summed E-state index contributed by atoms with van der Waals surface area (Å²) in [6, 6.07) is 18.4. The van der Waals surface area contributed by atoms with Gasteiger partial charge in [0.25, 0.3) is 0 Å². The van der Waals surface area contributed by atoms with Crippen molar-refractivity contribution in [3.8, 4) is 0 Å². The summed E-state index contributed by atoms with van der Waals surface area (Å²) in [5.74, 6) is -1.74. The SMILES string of the molecule is O=C(OC(c1ccccc1)(C(F)(F)F)C(F)(F)F)c1ccccc1Sc1ccccc1. The summed E-state index contributed by atoms with van der Waals surface area (Å²) < 4.78 is 87.6. The molecule has 0 saturated carbocycles. The van der Waals surface area contributed by atoms with Crippen molar-refractivity contribution in [2.45, 2.75) is 27.7 Å². The normalized spacial score (nSPS) is 12.5. The van der Waals surface area contributed by atoms with Crippen LogP contribution in [-0.2, 0) is 10.3 Å². The number of alkyl halides is 6. The standard InChI is InChI=1S/C22H14F6O2S/c23-21(24,25)20(22(26,27)28,15-9-3-1-4-10-15)30-19(29)17-13-7-8-14-18(17)31-16-11-5-2-6-12-16/h1-14H. The maximum absolute atomic E-state index is 13.9. The molecular formula is C22H14F6O2S. The van der Waals surface area contributed by atoms with E-state index in [2.05, 4.69) is 4.74 Å². The van der Waals surface area contributed by atoms with Crippen LogP contribution in [0.4, 0.5) is 26.3 Å². The molecule has 0 aliphatic heterocycles. The number of halogens is 6. The lowest BCUT2D eigenvalue weighted by molar-refractivity contribution is -0.373. The summed E-state index contributed by atoms with van der Waals surface area (Å²) in [5.41, 5.74) is -6.47. The molecule has 0 spiro atoms. The van der Waals surface area contributed by atoms with Crippen LogP contribution in [0.3, 0.4) is 0 Å². The van der Waals surface area contributed by atoms with Crippen LogP contribution in [-0.4, -0.2) is 18.3 Å². The molecule has 0 aliphatic carbocycles. The van der Waals surface area contributed by atoms with E-state index in [4.69, 9.17) is 0 Å². The summed E-state index contributed by atoms with van der Waals surface area (Å²) in [4.78, 5) is 13.5. The number of esters is 1. The highest BCUT2D eigenvalue weighted by Gasteiger charge is 2.75. The minimum absolute atomic E-state index is 0.157. The van der Waals surface area contributed by atoms with Crippen molar-refractivity contribution in [2.75, 3.05) is 0 Å². The molecular weight excluding hydrogens is 442 g/mol. The topological polar surface area (TPSA) is 26.3 Å².